The van der Waals surface area contributed by atoms with E-state index >= 15 is 0 Å². The van der Waals surface area contributed by atoms with Gasteiger partial charge in [0, 0.05) is 49.7 Å². The summed E-state index contributed by atoms with van der Waals surface area (Å²) in [5.74, 6) is -0.559. The van der Waals surface area contributed by atoms with Crippen molar-refractivity contribution in [2.75, 3.05) is 64.8 Å². The lowest BCUT2D eigenvalue weighted by Crippen LogP contribution is -2.53. The number of Topliss-reactive ketones (excluding diaryl/α,β-unsaturated/α-hetero) is 1. The molecule has 2 saturated heterocycles. The number of thioether (sulfide) groups is 1. The van der Waals surface area contributed by atoms with Gasteiger partial charge in [0.25, 0.3) is 0 Å². The second kappa shape index (κ2) is 10.2. The van der Waals surface area contributed by atoms with Crippen molar-refractivity contribution in [1.82, 2.24) is 14.7 Å². The largest absolute Gasteiger partial charge is 0.379 e. The van der Waals surface area contributed by atoms with E-state index < -0.39 is 5.82 Å². The van der Waals surface area contributed by atoms with Gasteiger partial charge in [-0.05, 0) is 19.1 Å². The first-order valence-electron chi connectivity index (χ1n) is 9.73. The molecule has 0 radical (unpaired) electrons. The summed E-state index contributed by atoms with van der Waals surface area (Å²) in [5.41, 5.74) is 0.316. The number of morpholine rings is 1. The molecule has 29 heavy (non-hydrogen) atoms. The minimum absolute atomic E-state index is 0.0784. The number of halogens is 1. The summed E-state index contributed by atoms with van der Waals surface area (Å²) in [4.78, 5) is 42.1. The maximum absolute atomic E-state index is 14.1. The predicted molar refractivity (Wildman–Crippen MR) is 108 cm³/mol. The third-order valence-electron chi connectivity index (χ3n) is 5.14. The molecule has 0 aromatic heterocycles. The van der Waals surface area contributed by atoms with Crippen LogP contribution in [0.4, 0.5) is 4.39 Å². The van der Waals surface area contributed by atoms with Gasteiger partial charge in [0.05, 0.1) is 25.5 Å². The lowest BCUT2D eigenvalue weighted by atomic mass is 10.1. The van der Waals surface area contributed by atoms with E-state index in [0.29, 0.717) is 56.4 Å². The van der Waals surface area contributed by atoms with Gasteiger partial charge in [0.15, 0.2) is 5.78 Å². The number of carbonyl (C=O) groups excluding carboxylic acids is 3. The summed E-state index contributed by atoms with van der Waals surface area (Å²) in [7, 11) is 0. The highest BCUT2D eigenvalue weighted by molar-refractivity contribution is 8.00. The molecule has 0 atom stereocenters. The molecule has 7 nitrogen and oxygen atoms in total. The molecule has 2 amide bonds. The zero-order valence-electron chi connectivity index (χ0n) is 16.6. The van der Waals surface area contributed by atoms with Crippen LogP contribution in [0.3, 0.4) is 0 Å². The van der Waals surface area contributed by atoms with Crippen LogP contribution < -0.4 is 0 Å². The number of hydrogen-bond acceptors (Lipinski definition) is 6. The molecule has 3 rings (SSSR count). The van der Waals surface area contributed by atoms with Crippen molar-refractivity contribution in [2.45, 2.75) is 11.8 Å². The summed E-state index contributed by atoms with van der Waals surface area (Å²) in [5, 5.41) is 0. The number of ether oxygens (including phenoxy) is 1. The molecule has 0 unspecified atom stereocenters. The van der Waals surface area contributed by atoms with Gasteiger partial charge in [0.1, 0.15) is 5.82 Å². The van der Waals surface area contributed by atoms with Crippen LogP contribution >= 0.6 is 11.8 Å². The maximum Gasteiger partial charge on any atom is 0.236 e. The van der Waals surface area contributed by atoms with E-state index in [1.54, 1.807) is 15.9 Å². The fourth-order valence-electron chi connectivity index (χ4n) is 3.32. The number of carbonyl (C=O) groups is 3. The Kier molecular flexibility index (Phi) is 7.63. The van der Waals surface area contributed by atoms with Crippen LogP contribution in [0.2, 0.25) is 0 Å². The molecule has 0 bridgehead atoms. The van der Waals surface area contributed by atoms with E-state index in [1.165, 1.54) is 19.1 Å². The summed E-state index contributed by atoms with van der Waals surface area (Å²) in [6.07, 6.45) is 0. The standard InChI is InChI=1S/C20H26FN3O4S/c1-15(25)16-2-3-18(17(21)12-16)29-14-20(27)24-6-4-23(5-7-24)19(26)13-22-8-10-28-11-9-22/h2-3,12H,4-11,13-14H2,1H3. The van der Waals surface area contributed by atoms with E-state index in [4.69, 9.17) is 4.74 Å². The van der Waals surface area contributed by atoms with Crippen molar-refractivity contribution in [3.63, 3.8) is 0 Å². The van der Waals surface area contributed by atoms with E-state index in [9.17, 15) is 18.8 Å². The van der Waals surface area contributed by atoms with Crippen LogP contribution in [0, 0.1) is 5.82 Å². The first kappa shape index (κ1) is 21.7. The molecular weight excluding hydrogens is 397 g/mol. The van der Waals surface area contributed by atoms with Crippen molar-refractivity contribution in [3.05, 3.63) is 29.6 Å². The van der Waals surface area contributed by atoms with E-state index in [1.807, 2.05) is 0 Å². The first-order valence-corrected chi connectivity index (χ1v) is 10.7. The van der Waals surface area contributed by atoms with Gasteiger partial charge in [-0.25, -0.2) is 4.39 Å². The lowest BCUT2D eigenvalue weighted by molar-refractivity contribution is -0.139. The Hall–Kier alpha value is -1.97. The Morgan fingerprint density at radius 1 is 1.00 bits per heavy atom. The highest BCUT2D eigenvalue weighted by atomic mass is 32.2. The summed E-state index contributed by atoms with van der Waals surface area (Å²) in [6.45, 7) is 6.63. The smallest absolute Gasteiger partial charge is 0.236 e. The Balaban J connectivity index is 1.43. The Morgan fingerprint density at radius 2 is 1.62 bits per heavy atom. The molecule has 2 heterocycles. The number of rotatable bonds is 6. The van der Waals surface area contributed by atoms with Crippen LogP contribution in [-0.2, 0) is 14.3 Å². The molecule has 1 aromatic rings. The Labute approximate surface area is 174 Å². The van der Waals surface area contributed by atoms with Crippen LogP contribution in [0.15, 0.2) is 23.1 Å². The molecule has 1 aromatic carbocycles. The van der Waals surface area contributed by atoms with Gasteiger partial charge in [0.2, 0.25) is 11.8 Å². The average Bonchev–Trinajstić information content (AvgIpc) is 2.73. The third-order valence-corrected chi connectivity index (χ3v) is 6.17. The summed E-state index contributed by atoms with van der Waals surface area (Å²) < 4.78 is 19.4. The summed E-state index contributed by atoms with van der Waals surface area (Å²) in [6, 6.07) is 4.30. The molecule has 0 saturated carbocycles. The number of benzene rings is 1. The molecule has 2 aliphatic rings. The minimum Gasteiger partial charge on any atom is -0.379 e. The highest BCUT2D eigenvalue weighted by Crippen LogP contribution is 2.23. The molecular formula is C20H26FN3O4S. The van der Waals surface area contributed by atoms with Crippen LogP contribution in [0.1, 0.15) is 17.3 Å². The quantitative estimate of drug-likeness (QED) is 0.505. The maximum atomic E-state index is 14.1. The van der Waals surface area contributed by atoms with Crippen molar-refractivity contribution < 1.29 is 23.5 Å². The topological polar surface area (TPSA) is 70.2 Å². The van der Waals surface area contributed by atoms with Crippen molar-refractivity contribution in [2.24, 2.45) is 0 Å². The van der Waals surface area contributed by atoms with Crippen LogP contribution in [0.25, 0.3) is 0 Å². The number of amides is 2. The van der Waals surface area contributed by atoms with Crippen molar-refractivity contribution in [3.8, 4) is 0 Å². The van der Waals surface area contributed by atoms with Crippen LogP contribution in [0.5, 0.6) is 0 Å². The Morgan fingerprint density at radius 3 is 2.21 bits per heavy atom. The number of hydrogen-bond donors (Lipinski definition) is 0. The third kappa shape index (κ3) is 6.01. The minimum atomic E-state index is -0.492. The number of ketones is 1. The first-order chi connectivity index (χ1) is 13.9. The second-order valence-corrected chi connectivity index (χ2v) is 8.16. The van der Waals surface area contributed by atoms with E-state index in [-0.39, 0.29) is 23.4 Å². The Bertz CT molecular complexity index is 762. The second-order valence-electron chi connectivity index (χ2n) is 7.14. The monoisotopic (exact) mass is 423 g/mol. The van der Waals surface area contributed by atoms with Gasteiger partial charge in [-0.1, -0.05) is 6.07 Å². The van der Waals surface area contributed by atoms with Gasteiger partial charge >= 0.3 is 0 Å². The zero-order valence-corrected chi connectivity index (χ0v) is 17.4. The number of nitrogens with zero attached hydrogens (tertiary/aromatic N) is 3. The van der Waals surface area contributed by atoms with Crippen molar-refractivity contribution >= 4 is 29.4 Å². The van der Waals surface area contributed by atoms with Gasteiger partial charge in [-0.15, -0.1) is 11.8 Å². The van der Waals surface area contributed by atoms with E-state index in [2.05, 4.69) is 4.90 Å². The predicted octanol–water partition coefficient (Wildman–Crippen LogP) is 1.12. The van der Waals surface area contributed by atoms with Gasteiger partial charge in [-0.3, -0.25) is 19.3 Å². The molecule has 158 valence electrons. The molecule has 2 fully saturated rings. The van der Waals surface area contributed by atoms with Crippen molar-refractivity contribution in [1.29, 1.82) is 0 Å². The normalized spacial score (nSPS) is 18.0. The fraction of sp³-hybridized carbons (Fsp3) is 0.550. The molecule has 0 N–H and O–H groups in total. The number of piperazine rings is 1. The molecule has 0 aliphatic carbocycles. The molecule has 2 aliphatic heterocycles. The van der Waals surface area contributed by atoms with Gasteiger partial charge < -0.3 is 14.5 Å². The lowest BCUT2D eigenvalue weighted by Gasteiger charge is -2.36. The average molecular weight is 424 g/mol. The van der Waals surface area contributed by atoms with Gasteiger partial charge in [-0.2, -0.15) is 0 Å². The highest BCUT2D eigenvalue weighted by Gasteiger charge is 2.25. The SMILES string of the molecule is CC(=O)c1ccc(SCC(=O)N2CCN(C(=O)CN3CCOCC3)CC2)c(F)c1. The summed E-state index contributed by atoms with van der Waals surface area (Å²) >= 11 is 1.12. The van der Waals surface area contributed by atoms with Crippen LogP contribution in [-0.4, -0.2) is 97.1 Å². The fourth-order valence-corrected chi connectivity index (χ4v) is 4.15. The molecule has 0 spiro atoms. The molecule has 9 heteroatoms. The zero-order chi connectivity index (χ0) is 20.8. The van der Waals surface area contributed by atoms with E-state index in [0.717, 1.165) is 24.9 Å².